The number of amides is 1. The normalized spacial score (nSPS) is 12.2. The second-order valence-electron chi connectivity index (χ2n) is 7.42. The van der Waals surface area contributed by atoms with Crippen LogP contribution in [0.5, 0.6) is 5.75 Å². The topological polar surface area (TPSA) is 61.7 Å². The van der Waals surface area contributed by atoms with E-state index in [4.69, 9.17) is 0 Å². The Bertz CT molecular complexity index is 1270. The first-order chi connectivity index (χ1) is 15.5. The fourth-order valence-electron chi connectivity index (χ4n) is 3.56. The molecule has 0 radical (unpaired) electrons. The van der Waals surface area contributed by atoms with Crippen LogP contribution in [0.15, 0.2) is 99.0 Å². The first kappa shape index (κ1) is 22.2. The molecule has 0 aliphatic heterocycles. The molecule has 0 aromatic heterocycles. The number of hydrogen-bond donors (Lipinski definition) is 2. The Morgan fingerprint density at radius 3 is 2.28 bits per heavy atom. The van der Waals surface area contributed by atoms with Crippen LogP contribution in [0, 0.1) is 0 Å². The van der Waals surface area contributed by atoms with Crippen molar-refractivity contribution in [3.05, 3.63) is 111 Å². The zero-order valence-corrected chi connectivity index (χ0v) is 20.2. The molecular weight excluding hydrogens is 532 g/mol. The molecule has 0 bridgehead atoms. The van der Waals surface area contributed by atoms with Crippen LogP contribution in [-0.4, -0.2) is 17.2 Å². The number of hydrazone groups is 1. The number of aromatic hydroxyl groups is 1. The first-order valence-corrected chi connectivity index (χ1v) is 11.6. The maximum Gasteiger partial charge on any atom is 0.247 e. The molecule has 4 aromatic carbocycles. The van der Waals surface area contributed by atoms with E-state index in [1.165, 1.54) is 5.39 Å². The molecule has 0 heterocycles. The Morgan fingerprint density at radius 2 is 1.56 bits per heavy atom. The number of phenols is 1. The van der Waals surface area contributed by atoms with Crippen LogP contribution >= 0.6 is 31.9 Å². The molecule has 4 rings (SSSR count). The summed E-state index contributed by atoms with van der Waals surface area (Å²) in [6, 6.07) is 27.7. The van der Waals surface area contributed by atoms with E-state index in [-0.39, 0.29) is 17.6 Å². The van der Waals surface area contributed by atoms with Crippen molar-refractivity contribution < 1.29 is 9.90 Å². The minimum Gasteiger partial charge on any atom is -0.506 e. The summed E-state index contributed by atoms with van der Waals surface area (Å²) in [4.78, 5) is 13.1. The zero-order chi connectivity index (χ0) is 22.5. The number of nitrogens with zero attached hydrogens (tertiary/aromatic N) is 1. The fraction of sp³-hybridized carbons (Fsp3) is 0.0769. The molecule has 0 fully saturated rings. The lowest BCUT2D eigenvalue weighted by Crippen LogP contribution is -2.27. The van der Waals surface area contributed by atoms with Crippen molar-refractivity contribution in [2.75, 3.05) is 0 Å². The van der Waals surface area contributed by atoms with Crippen LogP contribution in [0.3, 0.4) is 0 Å². The van der Waals surface area contributed by atoms with E-state index in [1.807, 2.05) is 42.5 Å². The van der Waals surface area contributed by atoms with Crippen LogP contribution in [0.25, 0.3) is 10.8 Å². The van der Waals surface area contributed by atoms with Gasteiger partial charge in [-0.3, -0.25) is 4.79 Å². The highest BCUT2D eigenvalue weighted by Gasteiger charge is 2.21. The Kier molecular flexibility index (Phi) is 7.02. The third-order valence-corrected chi connectivity index (χ3v) is 6.41. The van der Waals surface area contributed by atoms with Crippen molar-refractivity contribution in [2.24, 2.45) is 5.10 Å². The van der Waals surface area contributed by atoms with E-state index in [0.717, 1.165) is 22.1 Å². The van der Waals surface area contributed by atoms with Gasteiger partial charge in [-0.1, -0.05) is 72.8 Å². The highest BCUT2D eigenvalue weighted by Crippen LogP contribution is 2.32. The first-order valence-electron chi connectivity index (χ1n) is 10.0. The summed E-state index contributed by atoms with van der Waals surface area (Å²) in [6.07, 6.45) is 2.11. The number of nitrogens with one attached hydrogen (secondary N) is 1. The molecule has 0 spiro atoms. The van der Waals surface area contributed by atoms with Gasteiger partial charge in [0, 0.05) is 0 Å². The summed E-state index contributed by atoms with van der Waals surface area (Å²) >= 11 is 6.59. The predicted molar refractivity (Wildman–Crippen MR) is 136 cm³/mol. The van der Waals surface area contributed by atoms with Crippen molar-refractivity contribution in [3.8, 4) is 5.75 Å². The Morgan fingerprint density at radius 1 is 0.906 bits per heavy atom. The molecule has 0 aliphatic rings. The maximum absolute atomic E-state index is 13.1. The number of halogens is 2. The molecule has 32 heavy (non-hydrogen) atoms. The lowest BCUT2D eigenvalue weighted by Gasteiger charge is -2.16. The van der Waals surface area contributed by atoms with E-state index in [1.54, 1.807) is 18.3 Å². The number of rotatable bonds is 6. The van der Waals surface area contributed by atoms with E-state index in [2.05, 4.69) is 72.7 Å². The Labute approximate surface area is 203 Å². The smallest absolute Gasteiger partial charge is 0.247 e. The van der Waals surface area contributed by atoms with Gasteiger partial charge in [-0.2, -0.15) is 5.10 Å². The Hall–Kier alpha value is -2.96. The second-order valence-corrected chi connectivity index (χ2v) is 9.12. The lowest BCUT2D eigenvalue weighted by atomic mass is 9.90. The van der Waals surface area contributed by atoms with Crippen LogP contribution < -0.4 is 5.43 Å². The minimum absolute atomic E-state index is 0.116. The average molecular weight is 552 g/mol. The summed E-state index contributed by atoms with van der Waals surface area (Å²) in [5, 5.41) is 16.3. The molecule has 4 aromatic rings. The lowest BCUT2D eigenvalue weighted by molar-refractivity contribution is -0.122. The van der Waals surface area contributed by atoms with Gasteiger partial charge in [-0.25, -0.2) is 5.43 Å². The van der Waals surface area contributed by atoms with Crippen LogP contribution in [0.2, 0.25) is 0 Å². The summed E-state index contributed by atoms with van der Waals surface area (Å²) in [5.74, 6) is -0.448. The molecule has 4 nitrogen and oxygen atoms in total. The summed E-state index contributed by atoms with van der Waals surface area (Å²) in [6.45, 7) is 0. The molecule has 1 amide bonds. The zero-order valence-electron chi connectivity index (χ0n) is 17.0. The van der Waals surface area contributed by atoms with Crippen molar-refractivity contribution in [2.45, 2.75) is 12.3 Å². The molecule has 0 aliphatic carbocycles. The number of carbonyl (C=O) groups is 1. The molecule has 1 unspecified atom stereocenters. The number of carbonyl (C=O) groups excluding carboxylic acids is 1. The molecule has 0 saturated heterocycles. The molecule has 6 heteroatoms. The molecular formula is C26H20Br2N2O2. The summed E-state index contributed by atoms with van der Waals surface area (Å²) in [5.41, 5.74) is 5.43. The van der Waals surface area contributed by atoms with Crippen LogP contribution in [0.4, 0.5) is 0 Å². The number of hydrogen-bond acceptors (Lipinski definition) is 3. The SMILES string of the molecule is O=C(N/N=C/c1cc(Br)c(O)c(Br)c1)C(Cc1ccc2ccccc2c1)c1ccccc1. The van der Waals surface area contributed by atoms with Crippen molar-refractivity contribution >= 4 is 54.8 Å². The fourth-order valence-corrected chi connectivity index (χ4v) is 4.78. The quantitative estimate of drug-likeness (QED) is 0.211. The van der Waals surface area contributed by atoms with Crippen LogP contribution in [-0.2, 0) is 11.2 Å². The van der Waals surface area contributed by atoms with Crippen LogP contribution in [0.1, 0.15) is 22.6 Å². The molecule has 160 valence electrons. The van der Waals surface area contributed by atoms with Gasteiger partial charge in [0.2, 0.25) is 5.91 Å². The van der Waals surface area contributed by atoms with E-state index < -0.39 is 0 Å². The van der Waals surface area contributed by atoms with Crippen molar-refractivity contribution in [1.82, 2.24) is 5.43 Å². The van der Waals surface area contributed by atoms with E-state index in [0.29, 0.717) is 15.4 Å². The third kappa shape index (κ3) is 5.26. The van der Waals surface area contributed by atoms with Crippen molar-refractivity contribution in [1.29, 1.82) is 0 Å². The van der Waals surface area contributed by atoms with Gasteiger partial charge in [0.15, 0.2) is 0 Å². The number of benzene rings is 4. The van der Waals surface area contributed by atoms with E-state index >= 15 is 0 Å². The standard InChI is InChI=1S/C26H20Br2N2O2/c27-23-14-18(15-24(28)25(23)31)16-29-30-26(32)22(20-7-2-1-3-8-20)13-17-10-11-19-6-4-5-9-21(19)12-17/h1-12,14-16,22,31H,13H2,(H,30,32)/b29-16+. The van der Waals surface area contributed by atoms with Gasteiger partial charge in [0.1, 0.15) is 5.75 Å². The van der Waals surface area contributed by atoms with E-state index in [9.17, 15) is 9.90 Å². The number of fused-ring (bicyclic) bond motifs is 1. The van der Waals surface area contributed by atoms with Gasteiger partial charge >= 0.3 is 0 Å². The van der Waals surface area contributed by atoms with Gasteiger partial charge < -0.3 is 5.11 Å². The highest BCUT2D eigenvalue weighted by atomic mass is 79.9. The maximum atomic E-state index is 13.1. The van der Waals surface area contributed by atoms with Gasteiger partial charge in [-0.05, 0) is 77.9 Å². The van der Waals surface area contributed by atoms with Gasteiger partial charge in [0.05, 0.1) is 21.1 Å². The molecule has 1 atom stereocenters. The Balaban J connectivity index is 1.55. The number of phenolic OH excluding ortho intramolecular Hbond substituents is 1. The monoisotopic (exact) mass is 550 g/mol. The minimum atomic E-state index is -0.382. The average Bonchev–Trinajstić information content (AvgIpc) is 2.81. The largest absolute Gasteiger partial charge is 0.506 e. The predicted octanol–water partition coefficient (Wildman–Crippen LogP) is 6.55. The van der Waals surface area contributed by atoms with Crippen molar-refractivity contribution in [3.63, 3.8) is 0 Å². The third-order valence-electron chi connectivity index (χ3n) is 5.20. The second kappa shape index (κ2) is 10.1. The summed E-state index contributed by atoms with van der Waals surface area (Å²) < 4.78 is 1.08. The summed E-state index contributed by atoms with van der Waals surface area (Å²) in [7, 11) is 0. The molecule has 0 saturated carbocycles. The molecule has 2 N–H and O–H groups in total. The van der Waals surface area contributed by atoms with Gasteiger partial charge in [0.25, 0.3) is 0 Å². The van der Waals surface area contributed by atoms with Gasteiger partial charge in [-0.15, -0.1) is 0 Å². The highest BCUT2D eigenvalue weighted by molar-refractivity contribution is 9.11.